The van der Waals surface area contributed by atoms with E-state index in [4.69, 9.17) is 4.74 Å². The maximum absolute atomic E-state index is 11.8. The van der Waals surface area contributed by atoms with E-state index >= 15 is 0 Å². The van der Waals surface area contributed by atoms with E-state index in [9.17, 15) is 4.79 Å². The number of amides is 1. The van der Waals surface area contributed by atoms with Gasteiger partial charge in [-0.05, 0) is 56.4 Å². The van der Waals surface area contributed by atoms with Crippen LogP contribution in [0.2, 0.25) is 0 Å². The molecule has 0 bridgehead atoms. The monoisotopic (exact) mass is 311 g/mol. The van der Waals surface area contributed by atoms with Gasteiger partial charge in [-0.25, -0.2) is 0 Å². The summed E-state index contributed by atoms with van der Waals surface area (Å²) >= 11 is 0. The van der Waals surface area contributed by atoms with Gasteiger partial charge in [0, 0.05) is 6.54 Å². The van der Waals surface area contributed by atoms with Crippen LogP contribution in [0.3, 0.4) is 0 Å². The fourth-order valence-electron chi connectivity index (χ4n) is 2.35. The molecule has 2 rings (SSSR count). The molecule has 0 aliphatic rings. The standard InChI is InChI=1S/C20H25NO2/c1-15-9-11-18(12-10-15)7-5-13-21-20(22)14-23-19-8-4-6-16(2)17(19)3/h4,6,8-12H,5,7,13-14H2,1-3H3,(H,21,22). The molecule has 0 fully saturated rings. The number of hydrogen-bond donors (Lipinski definition) is 1. The number of carbonyl (C=O) groups is 1. The van der Waals surface area contributed by atoms with Gasteiger partial charge in [-0.15, -0.1) is 0 Å². The smallest absolute Gasteiger partial charge is 0.257 e. The van der Waals surface area contributed by atoms with E-state index in [-0.39, 0.29) is 12.5 Å². The molecular weight excluding hydrogens is 286 g/mol. The SMILES string of the molecule is Cc1ccc(CCCNC(=O)COc2cccc(C)c2C)cc1. The molecule has 0 aliphatic carbocycles. The summed E-state index contributed by atoms with van der Waals surface area (Å²) in [6, 6.07) is 14.4. The molecule has 23 heavy (non-hydrogen) atoms. The average Bonchev–Trinajstić information content (AvgIpc) is 2.54. The molecule has 2 aromatic rings. The van der Waals surface area contributed by atoms with Gasteiger partial charge in [-0.2, -0.15) is 0 Å². The van der Waals surface area contributed by atoms with E-state index in [0.717, 1.165) is 24.2 Å². The van der Waals surface area contributed by atoms with Crippen molar-refractivity contribution in [1.29, 1.82) is 0 Å². The molecule has 3 nitrogen and oxygen atoms in total. The summed E-state index contributed by atoms with van der Waals surface area (Å²) in [5, 5.41) is 2.90. The first-order valence-electron chi connectivity index (χ1n) is 8.07. The Morgan fingerprint density at radius 1 is 1.04 bits per heavy atom. The summed E-state index contributed by atoms with van der Waals surface area (Å²) in [7, 11) is 0. The predicted octanol–water partition coefficient (Wildman–Crippen LogP) is 3.74. The van der Waals surface area contributed by atoms with Crippen molar-refractivity contribution in [3.8, 4) is 5.75 Å². The molecule has 1 amide bonds. The van der Waals surface area contributed by atoms with Crippen LogP contribution in [0.1, 0.15) is 28.7 Å². The fourth-order valence-corrected chi connectivity index (χ4v) is 2.35. The van der Waals surface area contributed by atoms with Crippen molar-refractivity contribution in [3.05, 3.63) is 64.7 Å². The molecule has 122 valence electrons. The van der Waals surface area contributed by atoms with Crippen LogP contribution >= 0.6 is 0 Å². The van der Waals surface area contributed by atoms with Crippen LogP contribution in [-0.2, 0) is 11.2 Å². The predicted molar refractivity (Wildman–Crippen MR) is 93.9 cm³/mol. The lowest BCUT2D eigenvalue weighted by molar-refractivity contribution is -0.123. The van der Waals surface area contributed by atoms with Crippen molar-refractivity contribution in [2.24, 2.45) is 0 Å². The minimum Gasteiger partial charge on any atom is -0.483 e. The van der Waals surface area contributed by atoms with Gasteiger partial charge < -0.3 is 10.1 Å². The van der Waals surface area contributed by atoms with Gasteiger partial charge >= 0.3 is 0 Å². The summed E-state index contributed by atoms with van der Waals surface area (Å²) < 4.78 is 5.60. The first-order valence-corrected chi connectivity index (χ1v) is 8.07. The Morgan fingerprint density at radius 3 is 2.52 bits per heavy atom. The lowest BCUT2D eigenvalue weighted by Gasteiger charge is -2.11. The summed E-state index contributed by atoms with van der Waals surface area (Å²) in [4.78, 5) is 11.8. The number of carbonyl (C=O) groups excluding carboxylic acids is 1. The molecule has 2 aromatic carbocycles. The molecule has 1 N–H and O–H groups in total. The normalized spacial score (nSPS) is 10.4. The van der Waals surface area contributed by atoms with Crippen LogP contribution in [0, 0.1) is 20.8 Å². The van der Waals surface area contributed by atoms with E-state index in [2.05, 4.69) is 36.5 Å². The van der Waals surface area contributed by atoms with Crippen LogP contribution in [0.25, 0.3) is 0 Å². The van der Waals surface area contributed by atoms with Crippen LogP contribution < -0.4 is 10.1 Å². The van der Waals surface area contributed by atoms with Crippen LogP contribution in [0.5, 0.6) is 5.75 Å². The molecule has 0 saturated carbocycles. The number of rotatable bonds is 7. The molecule has 0 spiro atoms. The molecule has 3 heteroatoms. The molecule has 0 saturated heterocycles. The Bertz CT molecular complexity index is 647. The minimum atomic E-state index is -0.0742. The maximum Gasteiger partial charge on any atom is 0.257 e. The van der Waals surface area contributed by atoms with Gasteiger partial charge in [-0.1, -0.05) is 42.0 Å². The highest BCUT2D eigenvalue weighted by atomic mass is 16.5. The third-order valence-corrected chi connectivity index (χ3v) is 4.00. The van der Waals surface area contributed by atoms with Gasteiger partial charge in [0.1, 0.15) is 5.75 Å². The molecule has 0 aliphatic heterocycles. The second-order valence-corrected chi connectivity index (χ2v) is 5.93. The van der Waals surface area contributed by atoms with Crippen LogP contribution in [-0.4, -0.2) is 19.1 Å². The third-order valence-electron chi connectivity index (χ3n) is 4.00. The van der Waals surface area contributed by atoms with E-state index in [0.29, 0.717) is 6.54 Å². The second-order valence-electron chi connectivity index (χ2n) is 5.93. The summed E-state index contributed by atoms with van der Waals surface area (Å²) in [6.07, 6.45) is 1.90. The molecule has 0 atom stereocenters. The zero-order valence-corrected chi connectivity index (χ0v) is 14.2. The van der Waals surface area contributed by atoms with E-state index in [1.807, 2.05) is 32.0 Å². The topological polar surface area (TPSA) is 38.3 Å². The van der Waals surface area contributed by atoms with Crippen LogP contribution in [0.4, 0.5) is 0 Å². The van der Waals surface area contributed by atoms with Crippen molar-refractivity contribution < 1.29 is 9.53 Å². The van der Waals surface area contributed by atoms with Gasteiger partial charge in [0.05, 0.1) is 0 Å². The van der Waals surface area contributed by atoms with E-state index < -0.39 is 0 Å². The largest absolute Gasteiger partial charge is 0.483 e. The zero-order chi connectivity index (χ0) is 16.7. The Labute approximate surface area is 138 Å². The molecular formula is C20H25NO2. The van der Waals surface area contributed by atoms with Crippen molar-refractivity contribution in [2.75, 3.05) is 13.2 Å². The maximum atomic E-state index is 11.8. The number of benzene rings is 2. The molecule has 0 unspecified atom stereocenters. The molecule has 0 radical (unpaired) electrons. The highest BCUT2D eigenvalue weighted by Crippen LogP contribution is 2.20. The zero-order valence-electron chi connectivity index (χ0n) is 14.2. The average molecular weight is 311 g/mol. The van der Waals surface area contributed by atoms with Crippen molar-refractivity contribution in [3.63, 3.8) is 0 Å². The van der Waals surface area contributed by atoms with Crippen LogP contribution in [0.15, 0.2) is 42.5 Å². The first-order chi connectivity index (χ1) is 11.1. The second kappa shape index (κ2) is 8.37. The molecule has 0 aromatic heterocycles. The Hall–Kier alpha value is -2.29. The Morgan fingerprint density at radius 2 is 1.78 bits per heavy atom. The first kappa shape index (κ1) is 17.1. The number of hydrogen-bond acceptors (Lipinski definition) is 2. The Balaban J connectivity index is 1.67. The quantitative estimate of drug-likeness (QED) is 0.791. The van der Waals surface area contributed by atoms with Gasteiger partial charge in [0.25, 0.3) is 5.91 Å². The van der Waals surface area contributed by atoms with Gasteiger partial charge in [0.2, 0.25) is 0 Å². The highest BCUT2D eigenvalue weighted by Gasteiger charge is 2.05. The van der Waals surface area contributed by atoms with E-state index in [1.165, 1.54) is 16.7 Å². The number of nitrogens with one attached hydrogen (secondary N) is 1. The lowest BCUT2D eigenvalue weighted by Crippen LogP contribution is -2.30. The highest BCUT2D eigenvalue weighted by molar-refractivity contribution is 5.77. The summed E-state index contributed by atoms with van der Waals surface area (Å²) in [6.45, 7) is 6.86. The fraction of sp³-hybridized carbons (Fsp3) is 0.350. The van der Waals surface area contributed by atoms with Gasteiger partial charge in [-0.3, -0.25) is 4.79 Å². The third kappa shape index (κ3) is 5.44. The number of ether oxygens (including phenoxy) is 1. The lowest BCUT2D eigenvalue weighted by atomic mass is 10.1. The van der Waals surface area contributed by atoms with Crippen molar-refractivity contribution in [2.45, 2.75) is 33.6 Å². The Kier molecular flexibility index (Phi) is 6.21. The summed E-state index contributed by atoms with van der Waals surface area (Å²) in [5.74, 6) is 0.703. The van der Waals surface area contributed by atoms with Gasteiger partial charge in [0.15, 0.2) is 6.61 Å². The summed E-state index contributed by atoms with van der Waals surface area (Å²) in [5.41, 5.74) is 4.82. The molecule has 0 heterocycles. The minimum absolute atomic E-state index is 0.0643. The van der Waals surface area contributed by atoms with Crippen molar-refractivity contribution in [1.82, 2.24) is 5.32 Å². The van der Waals surface area contributed by atoms with Crippen molar-refractivity contribution >= 4 is 5.91 Å². The van der Waals surface area contributed by atoms with E-state index in [1.54, 1.807) is 0 Å². The number of aryl methyl sites for hydroxylation is 3.